The Morgan fingerprint density at radius 1 is 1.25 bits per heavy atom. The van der Waals surface area contributed by atoms with Gasteiger partial charge >= 0.3 is 6.41 Å². The molecule has 12 heavy (non-hydrogen) atoms. The van der Waals surface area contributed by atoms with Gasteiger partial charge < -0.3 is 4.90 Å². The largest absolute Gasteiger partial charge is 0.329 e. The van der Waals surface area contributed by atoms with Crippen molar-refractivity contribution in [3.05, 3.63) is 0 Å². The molecule has 1 radical (unpaired) electrons. The molecule has 0 N–H and O–H groups in total. The van der Waals surface area contributed by atoms with Crippen LogP contribution in [0.1, 0.15) is 40.5 Å². The van der Waals surface area contributed by atoms with Gasteiger partial charge in [0.1, 0.15) is 0 Å². The molecule has 0 bridgehead atoms. The smallest absolute Gasteiger partial charge is 0.312 e. The van der Waals surface area contributed by atoms with Gasteiger partial charge in [0.05, 0.1) is 0 Å². The number of carbonyl (C=O) groups excluding carboxylic acids is 1. The third-order valence-corrected chi connectivity index (χ3v) is 3.62. The van der Waals surface area contributed by atoms with Gasteiger partial charge in [-0.15, -0.1) is 0 Å². The van der Waals surface area contributed by atoms with E-state index in [1.807, 2.05) is 6.41 Å². The molecule has 0 aromatic heterocycles. The van der Waals surface area contributed by atoms with E-state index in [0.29, 0.717) is 0 Å². The normalized spacial score (nSPS) is 26.8. The van der Waals surface area contributed by atoms with Crippen LogP contribution < -0.4 is 0 Å². The zero-order valence-corrected chi connectivity index (χ0v) is 8.48. The van der Waals surface area contributed by atoms with Gasteiger partial charge in [-0.2, -0.15) is 0 Å². The molecule has 1 aliphatic heterocycles. The van der Waals surface area contributed by atoms with Crippen LogP contribution >= 0.6 is 0 Å². The van der Waals surface area contributed by atoms with Gasteiger partial charge in [0.15, 0.2) is 0 Å². The molecular formula is C10H18NO. The minimum Gasteiger partial charge on any atom is -0.329 e. The third-order valence-electron chi connectivity index (χ3n) is 3.62. The third kappa shape index (κ3) is 1.23. The van der Waals surface area contributed by atoms with E-state index in [2.05, 4.69) is 27.7 Å². The fraction of sp³-hybridized carbons (Fsp3) is 0.900. The van der Waals surface area contributed by atoms with Crippen LogP contribution in [-0.4, -0.2) is 23.4 Å². The molecule has 1 heterocycles. The van der Waals surface area contributed by atoms with Crippen molar-refractivity contribution in [2.75, 3.05) is 6.54 Å². The summed E-state index contributed by atoms with van der Waals surface area (Å²) in [6, 6.07) is 0. The first-order chi connectivity index (χ1) is 5.42. The second-order valence-corrected chi connectivity index (χ2v) is 4.79. The van der Waals surface area contributed by atoms with Crippen molar-refractivity contribution >= 4 is 6.41 Å². The highest BCUT2D eigenvalue weighted by molar-refractivity contribution is 5.50. The SMILES string of the molecule is CC1(C)CCCN([C]=O)C1(C)C. The topological polar surface area (TPSA) is 20.3 Å². The van der Waals surface area contributed by atoms with Crippen molar-refractivity contribution in [3.8, 4) is 0 Å². The van der Waals surface area contributed by atoms with Crippen LogP contribution in [0, 0.1) is 5.41 Å². The maximum atomic E-state index is 10.7. The van der Waals surface area contributed by atoms with Gasteiger partial charge in [-0.05, 0) is 32.1 Å². The minimum atomic E-state index is -0.0486. The Bertz CT molecular complexity index is 184. The van der Waals surface area contributed by atoms with E-state index in [1.54, 1.807) is 4.90 Å². The second kappa shape index (κ2) is 2.75. The molecule has 1 saturated heterocycles. The molecule has 0 aliphatic carbocycles. The van der Waals surface area contributed by atoms with Crippen LogP contribution in [0.2, 0.25) is 0 Å². The summed E-state index contributed by atoms with van der Waals surface area (Å²) < 4.78 is 0. The molecule has 1 rings (SSSR count). The Morgan fingerprint density at radius 2 is 1.83 bits per heavy atom. The molecular weight excluding hydrogens is 150 g/mol. The van der Waals surface area contributed by atoms with E-state index in [1.165, 1.54) is 6.42 Å². The first-order valence-electron chi connectivity index (χ1n) is 4.57. The minimum absolute atomic E-state index is 0.0486. The Hall–Kier alpha value is -0.530. The Balaban J connectivity index is 2.89. The number of likely N-dealkylation sites (tertiary alicyclic amines) is 1. The molecule has 1 aliphatic rings. The monoisotopic (exact) mass is 168 g/mol. The molecule has 1 amide bonds. The van der Waals surface area contributed by atoms with Crippen LogP contribution in [0.15, 0.2) is 0 Å². The highest BCUT2D eigenvalue weighted by Gasteiger charge is 2.44. The molecule has 0 atom stereocenters. The number of rotatable bonds is 1. The molecule has 69 valence electrons. The van der Waals surface area contributed by atoms with E-state index in [4.69, 9.17) is 0 Å². The highest BCUT2D eigenvalue weighted by atomic mass is 16.1. The lowest BCUT2D eigenvalue weighted by Crippen LogP contribution is -2.56. The highest BCUT2D eigenvalue weighted by Crippen LogP contribution is 2.42. The van der Waals surface area contributed by atoms with Gasteiger partial charge in [-0.1, -0.05) is 13.8 Å². The first-order valence-corrected chi connectivity index (χ1v) is 4.57. The van der Waals surface area contributed by atoms with Crippen LogP contribution in [-0.2, 0) is 4.79 Å². The van der Waals surface area contributed by atoms with Crippen molar-refractivity contribution in [2.24, 2.45) is 5.41 Å². The maximum Gasteiger partial charge on any atom is 0.312 e. The van der Waals surface area contributed by atoms with Gasteiger partial charge in [0.2, 0.25) is 0 Å². The lowest BCUT2D eigenvalue weighted by Gasteiger charge is -2.51. The van der Waals surface area contributed by atoms with Crippen LogP contribution in [0.3, 0.4) is 0 Å². The summed E-state index contributed by atoms with van der Waals surface area (Å²) in [5.74, 6) is 0. The van der Waals surface area contributed by atoms with Gasteiger partial charge in [0, 0.05) is 12.1 Å². The predicted molar refractivity (Wildman–Crippen MR) is 49.5 cm³/mol. The fourth-order valence-electron chi connectivity index (χ4n) is 1.79. The standard InChI is InChI=1S/C10H18NO/c1-9(2)6-5-7-11(8-12)10(9,3)4/h5-7H2,1-4H3. The summed E-state index contributed by atoms with van der Waals surface area (Å²) >= 11 is 0. The molecule has 2 heteroatoms. The molecule has 0 saturated carbocycles. The van der Waals surface area contributed by atoms with Crippen molar-refractivity contribution < 1.29 is 4.79 Å². The number of hydrogen-bond donors (Lipinski definition) is 0. The van der Waals surface area contributed by atoms with Crippen molar-refractivity contribution in [3.63, 3.8) is 0 Å². The average molecular weight is 168 g/mol. The average Bonchev–Trinajstić information content (AvgIpc) is 1.95. The quantitative estimate of drug-likeness (QED) is 0.586. The van der Waals surface area contributed by atoms with E-state index in [-0.39, 0.29) is 11.0 Å². The summed E-state index contributed by atoms with van der Waals surface area (Å²) in [6.07, 6.45) is 4.33. The first kappa shape index (κ1) is 9.56. The van der Waals surface area contributed by atoms with Crippen LogP contribution in [0.25, 0.3) is 0 Å². The number of amides is 1. The molecule has 0 aromatic rings. The zero-order valence-electron chi connectivity index (χ0n) is 8.48. The molecule has 0 aromatic carbocycles. The van der Waals surface area contributed by atoms with Crippen molar-refractivity contribution in [1.29, 1.82) is 0 Å². The Labute approximate surface area is 74.9 Å². The second-order valence-electron chi connectivity index (χ2n) is 4.79. The summed E-state index contributed by atoms with van der Waals surface area (Å²) in [5, 5.41) is 0. The van der Waals surface area contributed by atoms with Crippen molar-refractivity contribution in [1.82, 2.24) is 4.90 Å². The molecule has 0 spiro atoms. The Morgan fingerprint density at radius 3 is 2.25 bits per heavy atom. The van der Waals surface area contributed by atoms with Crippen molar-refractivity contribution in [2.45, 2.75) is 46.1 Å². The number of nitrogens with zero attached hydrogens (tertiary/aromatic N) is 1. The van der Waals surface area contributed by atoms with E-state index in [0.717, 1.165) is 13.0 Å². The zero-order chi connectivity index (χ0) is 9.41. The lowest BCUT2D eigenvalue weighted by atomic mass is 9.68. The summed E-state index contributed by atoms with van der Waals surface area (Å²) in [6.45, 7) is 9.54. The molecule has 0 unspecified atom stereocenters. The van der Waals surface area contributed by atoms with Gasteiger partial charge in [-0.25, -0.2) is 0 Å². The number of piperidine rings is 1. The van der Waals surface area contributed by atoms with Crippen LogP contribution in [0.5, 0.6) is 0 Å². The number of hydrogen-bond acceptors (Lipinski definition) is 1. The fourth-order valence-corrected chi connectivity index (χ4v) is 1.79. The van der Waals surface area contributed by atoms with E-state index < -0.39 is 0 Å². The lowest BCUT2D eigenvalue weighted by molar-refractivity contribution is 0.0167. The van der Waals surface area contributed by atoms with Gasteiger partial charge in [0.25, 0.3) is 0 Å². The predicted octanol–water partition coefficient (Wildman–Crippen LogP) is 1.95. The molecule has 2 nitrogen and oxygen atoms in total. The summed E-state index contributed by atoms with van der Waals surface area (Å²) in [5.41, 5.74) is 0.162. The summed E-state index contributed by atoms with van der Waals surface area (Å²) in [4.78, 5) is 12.5. The Kier molecular flexibility index (Phi) is 2.19. The van der Waals surface area contributed by atoms with Crippen LogP contribution in [0.4, 0.5) is 0 Å². The van der Waals surface area contributed by atoms with E-state index in [9.17, 15) is 4.79 Å². The summed E-state index contributed by atoms with van der Waals surface area (Å²) in [7, 11) is 0. The van der Waals surface area contributed by atoms with E-state index >= 15 is 0 Å². The van der Waals surface area contributed by atoms with Gasteiger partial charge in [-0.3, -0.25) is 4.79 Å². The molecule has 1 fully saturated rings. The maximum absolute atomic E-state index is 10.7.